The van der Waals surface area contributed by atoms with E-state index in [1.807, 2.05) is 6.92 Å². The summed E-state index contributed by atoms with van der Waals surface area (Å²) in [4.78, 5) is 38.2. The largest absolute Gasteiger partial charge is 0.466 e. The maximum absolute atomic E-state index is 13.0. The Morgan fingerprint density at radius 1 is 0.769 bits per heavy atom. The fourth-order valence-corrected chi connectivity index (χ4v) is 2.41. The molecule has 26 heavy (non-hydrogen) atoms. The molecular formula is C20H36O6. The summed E-state index contributed by atoms with van der Waals surface area (Å²) < 4.78 is 16.0. The summed E-state index contributed by atoms with van der Waals surface area (Å²) in [7, 11) is 0. The normalized spacial score (nSPS) is 12.5. The topological polar surface area (TPSA) is 78.9 Å². The monoisotopic (exact) mass is 372 g/mol. The van der Waals surface area contributed by atoms with Crippen molar-refractivity contribution < 1.29 is 28.6 Å². The molecule has 0 saturated carbocycles. The van der Waals surface area contributed by atoms with Gasteiger partial charge in [0.1, 0.15) is 11.2 Å². The van der Waals surface area contributed by atoms with E-state index in [2.05, 4.69) is 0 Å². The Balaban J connectivity index is 5.91. The van der Waals surface area contributed by atoms with Crippen LogP contribution in [0.3, 0.4) is 0 Å². The van der Waals surface area contributed by atoms with Gasteiger partial charge in [-0.05, 0) is 54.9 Å². The van der Waals surface area contributed by atoms with Gasteiger partial charge in [-0.3, -0.25) is 14.4 Å². The summed E-state index contributed by atoms with van der Waals surface area (Å²) in [5, 5.41) is 0. The van der Waals surface area contributed by atoms with E-state index in [0.717, 1.165) is 12.8 Å². The lowest BCUT2D eigenvalue weighted by Gasteiger charge is -2.34. The maximum Gasteiger partial charge on any atom is 0.324 e. The minimum atomic E-state index is -1.69. The van der Waals surface area contributed by atoms with Gasteiger partial charge in [0.15, 0.2) is 5.41 Å². The third-order valence-electron chi connectivity index (χ3n) is 3.54. The van der Waals surface area contributed by atoms with Crippen molar-refractivity contribution in [2.45, 2.75) is 98.7 Å². The molecule has 0 N–H and O–H groups in total. The first kappa shape index (κ1) is 24.4. The summed E-state index contributed by atoms with van der Waals surface area (Å²) in [5.41, 5.74) is -3.27. The molecule has 6 heteroatoms. The molecule has 152 valence electrons. The van der Waals surface area contributed by atoms with Gasteiger partial charge in [-0.25, -0.2) is 0 Å². The SMILES string of the molecule is CCCCCC(CC(=O)OCC)(C(=O)OC(C)(C)C)C(=O)OC(C)(C)C. The van der Waals surface area contributed by atoms with Crippen LogP contribution >= 0.6 is 0 Å². The van der Waals surface area contributed by atoms with Crippen LogP contribution in [0.15, 0.2) is 0 Å². The maximum atomic E-state index is 13.0. The average molecular weight is 373 g/mol. The van der Waals surface area contributed by atoms with Crippen LogP contribution in [0.25, 0.3) is 0 Å². The Bertz CT molecular complexity index is 454. The first-order valence-corrected chi connectivity index (χ1v) is 9.40. The van der Waals surface area contributed by atoms with Crippen molar-refractivity contribution in [1.29, 1.82) is 0 Å². The molecule has 0 radical (unpaired) electrons. The van der Waals surface area contributed by atoms with Crippen LogP contribution < -0.4 is 0 Å². The van der Waals surface area contributed by atoms with E-state index in [-0.39, 0.29) is 19.4 Å². The summed E-state index contributed by atoms with van der Waals surface area (Å²) in [5.74, 6) is -2.08. The average Bonchev–Trinajstić information content (AvgIpc) is 2.42. The van der Waals surface area contributed by atoms with Gasteiger partial charge in [0.2, 0.25) is 0 Å². The van der Waals surface area contributed by atoms with Gasteiger partial charge < -0.3 is 14.2 Å². The molecule has 6 nitrogen and oxygen atoms in total. The molecule has 0 rings (SSSR count). The van der Waals surface area contributed by atoms with Crippen LogP contribution in [0.4, 0.5) is 0 Å². The number of rotatable bonds is 9. The zero-order valence-electron chi connectivity index (χ0n) is 17.7. The second kappa shape index (κ2) is 9.93. The number of unbranched alkanes of at least 4 members (excludes halogenated alkanes) is 2. The van der Waals surface area contributed by atoms with Crippen LogP contribution in [-0.4, -0.2) is 35.7 Å². The summed E-state index contributed by atoms with van der Waals surface area (Å²) >= 11 is 0. The van der Waals surface area contributed by atoms with E-state index in [1.165, 1.54) is 0 Å². The number of carbonyl (C=O) groups is 3. The lowest BCUT2D eigenvalue weighted by atomic mass is 9.79. The molecule has 0 aromatic rings. The van der Waals surface area contributed by atoms with Gasteiger partial charge >= 0.3 is 17.9 Å². The van der Waals surface area contributed by atoms with Gasteiger partial charge in [0.25, 0.3) is 0 Å². The molecule has 0 aromatic carbocycles. The van der Waals surface area contributed by atoms with Crippen LogP contribution in [-0.2, 0) is 28.6 Å². The van der Waals surface area contributed by atoms with Crippen molar-refractivity contribution in [2.75, 3.05) is 6.61 Å². The number of hydrogen-bond acceptors (Lipinski definition) is 6. The van der Waals surface area contributed by atoms with Crippen molar-refractivity contribution in [3.63, 3.8) is 0 Å². The molecule has 0 aliphatic heterocycles. The minimum Gasteiger partial charge on any atom is -0.466 e. The Labute approximate surface area is 157 Å². The Hall–Kier alpha value is -1.59. The minimum absolute atomic E-state index is 0.173. The highest BCUT2D eigenvalue weighted by atomic mass is 16.6. The zero-order valence-corrected chi connectivity index (χ0v) is 17.7. The number of ether oxygens (including phenoxy) is 3. The van der Waals surface area contributed by atoms with Crippen LogP contribution in [0, 0.1) is 5.41 Å². The van der Waals surface area contributed by atoms with Gasteiger partial charge in [0.05, 0.1) is 13.0 Å². The van der Waals surface area contributed by atoms with Crippen molar-refractivity contribution >= 4 is 17.9 Å². The van der Waals surface area contributed by atoms with Gasteiger partial charge in [-0.2, -0.15) is 0 Å². The quantitative estimate of drug-likeness (QED) is 0.261. The number of hydrogen-bond donors (Lipinski definition) is 0. The van der Waals surface area contributed by atoms with Crippen LogP contribution in [0.2, 0.25) is 0 Å². The van der Waals surface area contributed by atoms with Gasteiger partial charge in [0, 0.05) is 0 Å². The lowest BCUT2D eigenvalue weighted by Crippen LogP contribution is -2.48. The van der Waals surface area contributed by atoms with Crippen molar-refractivity contribution in [3.8, 4) is 0 Å². The predicted octanol–water partition coefficient (Wildman–Crippen LogP) is 4.19. The van der Waals surface area contributed by atoms with Gasteiger partial charge in [-0.15, -0.1) is 0 Å². The molecular weight excluding hydrogens is 336 g/mol. The third kappa shape index (κ3) is 8.68. The fraction of sp³-hybridized carbons (Fsp3) is 0.850. The van der Waals surface area contributed by atoms with Crippen LogP contribution in [0.1, 0.15) is 87.5 Å². The van der Waals surface area contributed by atoms with Gasteiger partial charge in [-0.1, -0.05) is 26.2 Å². The van der Waals surface area contributed by atoms with Crippen molar-refractivity contribution in [3.05, 3.63) is 0 Å². The molecule has 0 aromatic heterocycles. The summed E-state index contributed by atoms with van der Waals surface area (Å²) in [6, 6.07) is 0. The highest BCUT2D eigenvalue weighted by Crippen LogP contribution is 2.36. The Morgan fingerprint density at radius 2 is 1.23 bits per heavy atom. The smallest absolute Gasteiger partial charge is 0.324 e. The number of esters is 3. The van der Waals surface area contributed by atoms with Crippen molar-refractivity contribution in [1.82, 2.24) is 0 Å². The Kier molecular flexibility index (Phi) is 9.32. The highest BCUT2D eigenvalue weighted by Gasteiger charge is 2.52. The van der Waals surface area contributed by atoms with E-state index in [1.54, 1.807) is 48.5 Å². The fourth-order valence-electron chi connectivity index (χ4n) is 2.41. The van der Waals surface area contributed by atoms with E-state index in [4.69, 9.17) is 14.2 Å². The first-order valence-electron chi connectivity index (χ1n) is 9.40. The molecule has 0 aliphatic carbocycles. The van der Waals surface area contributed by atoms with E-state index in [0.29, 0.717) is 6.42 Å². The molecule has 0 saturated heterocycles. The van der Waals surface area contributed by atoms with E-state index >= 15 is 0 Å². The second-order valence-electron chi connectivity index (χ2n) is 8.52. The summed E-state index contributed by atoms with van der Waals surface area (Å²) in [6.45, 7) is 14.2. The molecule has 0 atom stereocenters. The number of carbonyl (C=O) groups excluding carboxylic acids is 3. The zero-order chi connectivity index (χ0) is 20.6. The standard InChI is InChI=1S/C20H36O6/c1-9-11-12-13-20(14-15(21)24-10-2,16(22)25-18(3,4)5)17(23)26-19(6,7)8/h9-14H2,1-8H3. The first-order chi connectivity index (χ1) is 11.8. The second-order valence-corrected chi connectivity index (χ2v) is 8.52. The highest BCUT2D eigenvalue weighted by molar-refractivity contribution is 6.03. The molecule has 0 amide bonds. The molecule has 0 spiro atoms. The molecule has 0 unspecified atom stereocenters. The van der Waals surface area contributed by atoms with Crippen LogP contribution in [0.5, 0.6) is 0 Å². The molecule has 0 bridgehead atoms. The molecule has 0 fully saturated rings. The van der Waals surface area contributed by atoms with E-state index in [9.17, 15) is 14.4 Å². The summed E-state index contributed by atoms with van der Waals surface area (Å²) in [6.07, 6.45) is 2.15. The Morgan fingerprint density at radius 3 is 1.58 bits per heavy atom. The molecule has 0 aliphatic rings. The lowest BCUT2D eigenvalue weighted by molar-refractivity contribution is -0.189. The molecule has 0 heterocycles. The predicted molar refractivity (Wildman–Crippen MR) is 99.5 cm³/mol. The van der Waals surface area contributed by atoms with Crippen molar-refractivity contribution in [2.24, 2.45) is 5.41 Å². The third-order valence-corrected chi connectivity index (χ3v) is 3.54. The van der Waals surface area contributed by atoms with E-state index < -0.39 is 34.5 Å².